The van der Waals surface area contributed by atoms with Crippen LogP contribution >= 0.6 is 0 Å². The summed E-state index contributed by atoms with van der Waals surface area (Å²) in [7, 11) is 1.13. The third kappa shape index (κ3) is 3.49. The summed E-state index contributed by atoms with van der Waals surface area (Å²) in [5.41, 5.74) is -1.27. The van der Waals surface area contributed by atoms with E-state index in [-0.39, 0.29) is 11.4 Å². The molecule has 2 aliphatic heterocycles. The third-order valence-electron chi connectivity index (χ3n) is 6.81. The second-order valence-corrected chi connectivity index (χ2v) is 8.64. The maximum atomic E-state index is 14.6. The Morgan fingerprint density at radius 3 is 2.60 bits per heavy atom. The highest BCUT2D eigenvalue weighted by Crippen LogP contribution is 2.59. The van der Waals surface area contributed by atoms with Gasteiger partial charge in [-0.3, -0.25) is 4.98 Å². The molecule has 5 rings (SSSR count). The number of halogens is 5. The van der Waals surface area contributed by atoms with Crippen LogP contribution in [0.2, 0.25) is 0 Å². The fourth-order valence-corrected chi connectivity index (χ4v) is 4.78. The van der Waals surface area contributed by atoms with Gasteiger partial charge in [0.1, 0.15) is 29.4 Å². The van der Waals surface area contributed by atoms with Gasteiger partial charge in [-0.15, -0.1) is 0 Å². The Morgan fingerprint density at radius 1 is 1.17 bits per heavy atom. The van der Waals surface area contributed by atoms with Crippen molar-refractivity contribution in [1.82, 2.24) is 20.3 Å². The van der Waals surface area contributed by atoms with Crippen molar-refractivity contribution in [2.24, 2.45) is 5.92 Å². The molecule has 0 radical (unpaired) electrons. The highest BCUT2D eigenvalue weighted by Gasteiger charge is 2.65. The van der Waals surface area contributed by atoms with Crippen molar-refractivity contribution in [1.29, 1.82) is 0 Å². The molecule has 12 heteroatoms. The van der Waals surface area contributed by atoms with E-state index in [9.17, 15) is 22.0 Å². The van der Waals surface area contributed by atoms with Gasteiger partial charge >= 0.3 is 6.18 Å². The van der Waals surface area contributed by atoms with Crippen LogP contribution in [-0.2, 0) is 9.47 Å². The SMILES string of the molecule is COc1c([C@H]2[C@H](c3nc4c([C@@H]5NC=CO5)nccc4[nH]3)O[C@@](C)(C(F)(F)F)[C@H]2C)ccc(F)c1F. The number of benzene rings is 1. The van der Waals surface area contributed by atoms with Crippen LogP contribution in [0, 0.1) is 17.6 Å². The predicted octanol–water partition coefficient (Wildman–Crippen LogP) is 5.15. The Bertz CT molecular complexity index is 1300. The first kappa shape index (κ1) is 23.3. The number of aromatic amines is 1. The van der Waals surface area contributed by atoms with Crippen molar-refractivity contribution in [2.45, 2.75) is 43.9 Å². The summed E-state index contributed by atoms with van der Waals surface area (Å²) < 4.78 is 87.3. The van der Waals surface area contributed by atoms with Crippen LogP contribution in [0.4, 0.5) is 22.0 Å². The maximum absolute atomic E-state index is 14.6. The number of rotatable bonds is 4. The molecule has 3 aromatic rings. The number of fused-ring (bicyclic) bond motifs is 1. The van der Waals surface area contributed by atoms with Gasteiger partial charge in [-0.2, -0.15) is 17.6 Å². The van der Waals surface area contributed by atoms with Crippen molar-refractivity contribution in [3.63, 3.8) is 0 Å². The Kier molecular flexibility index (Phi) is 5.38. The van der Waals surface area contributed by atoms with E-state index >= 15 is 0 Å². The molecule has 1 aromatic carbocycles. The summed E-state index contributed by atoms with van der Waals surface area (Å²) in [6.07, 6.45) is -2.12. The second kappa shape index (κ2) is 8.08. The minimum absolute atomic E-state index is 0.0423. The summed E-state index contributed by atoms with van der Waals surface area (Å²) in [5, 5.41) is 2.95. The molecule has 0 saturated carbocycles. The second-order valence-electron chi connectivity index (χ2n) is 8.64. The molecule has 1 fully saturated rings. The molecule has 1 saturated heterocycles. The smallest absolute Gasteiger partial charge is 0.417 e. The van der Waals surface area contributed by atoms with Gasteiger partial charge in [0.15, 0.2) is 17.2 Å². The number of pyridine rings is 1. The zero-order valence-corrected chi connectivity index (χ0v) is 18.8. The van der Waals surface area contributed by atoms with E-state index in [0.717, 1.165) is 20.1 Å². The van der Waals surface area contributed by atoms with Crippen LogP contribution in [0.15, 0.2) is 36.9 Å². The van der Waals surface area contributed by atoms with Gasteiger partial charge in [0.05, 0.1) is 12.6 Å². The van der Waals surface area contributed by atoms with Crippen LogP contribution in [0.5, 0.6) is 5.75 Å². The highest BCUT2D eigenvalue weighted by atomic mass is 19.4. The van der Waals surface area contributed by atoms with Gasteiger partial charge in [0.2, 0.25) is 12.0 Å². The summed E-state index contributed by atoms with van der Waals surface area (Å²) >= 11 is 0. The Labute approximate surface area is 196 Å². The zero-order chi connectivity index (χ0) is 25.1. The molecule has 4 heterocycles. The van der Waals surface area contributed by atoms with Crippen molar-refractivity contribution in [3.8, 4) is 5.75 Å². The quantitative estimate of drug-likeness (QED) is 0.487. The van der Waals surface area contributed by atoms with Crippen LogP contribution in [0.3, 0.4) is 0 Å². The number of nitrogens with zero attached hydrogens (tertiary/aromatic N) is 2. The van der Waals surface area contributed by atoms with E-state index in [1.807, 2.05) is 0 Å². The van der Waals surface area contributed by atoms with E-state index in [2.05, 4.69) is 20.3 Å². The monoisotopic (exact) mass is 496 g/mol. The number of aromatic nitrogens is 3. The summed E-state index contributed by atoms with van der Waals surface area (Å²) in [5.74, 6) is -5.15. The maximum Gasteiger partial charge on any atom is 0.417 e. The van der Waals surface area contributed by atoms with E-state index in [0.29, 0.717) is 16.7 Å². The largest absolute Gasteiger partial charge is 0.493 e. The third-order valence-corrected chi connectivity index (χ3v) is 6.81. The number of imidazole rings is 1. The number of nitrogens with one attached hydrogen (secondary N) is 2. The molecule has 35 heavy (non-hydrogen) atoms. The van der Waals surface area contributed by atoms with Crippen molar-refractivity contribution in [3.05, 3.63) is 65.6 Å². The molecule has 0 spiro atoms. The zero-order valence-electron chi connectivity index (χ0n) is 18.8. The summed E-state index contributed by atoms with van der Waals surface area (Å²) in [4.78, 5) is 11.8. The van der Waals surface area contributed by atoms with Gasteiger partial charge < -0.3 is 24.5 Å². The number of hydrogen-bond acceptors (Lipinski definition) is 6. The highest BCUT2D eigenvalue weighted by molar-refractivity contribution is 5.77. The number of ether oxygens (including phenoxy) is 3. The standard InChI is InChI=1S/C23H21F5N4O3/c1-10-14(11-4-5-12(24)15(25)18(11)33-3)19(35-22(10,2)23(26,27)28)20-31-13-6-7-29-17(16(13)32-20)21-30-8-9-34-21/h4-10,14,19,21,30H,1-3H3,(H,31,32)/t10-,14-,19+,21+,22+/m0/s1. The molecule has 0 aliphatic carbocycles. The molecular weight excluding hydrogens is 475 g/mol. The molecule has 2 N–H and O–H groups in total. The lowest BCUT2D eigenvalue weighted by Gasteiger charge is -2.32. The van der Waals surface area contributed by atoms with Gasteiger partial charge in [-0.1, -0.05) is 13.0 Å². The normalized spacial score (nSPS) is 28.3. The molecule has 5 atom stereocenters. The molecule has 7 nitrogen and oxygen atoms in total. The van der Waals surface area contributed by atoms with Gasteiger partial charge in [-0.05, 0) is 19.1 Å². The van der Waals surface area contributed by atoms with Gasteiger partial charge in [0.25, 0.3) is 0 Å². The first-order valence-corrected chi connectivity index (χ1v) is 10.7. The molecule has 0 unspecified atom stereocenters. The molecule has 186 valence electrons. The Morgan fingerprint density at radius 2 is 1.94 bits per heavy atom. The van der Waals surface area contributed by atoms with Crippen LogP contribution < -0.4 is 10.1 Å². The fraction of sp³-hybridized carbons (Fsp3) is 0.391. The average Bonchev–Trinajstić information content (AvgIpc) is 3.54. The van der Waals surface area contributed by atoms with Gasteiger partial charge in [0, 0.05) is 29.8 Å². The lowest BCUT2D eigenvalue weighted by atomic mass is 9.77. The fourth-order valence-electron chi connectivity index (χ4n) is 4.78. The van der Waals surface area contributed by atoms with Crippen LogP contribution in [0.1, 0.15) is 49.2 Å². The Hall–Kier alpha value is -3.41. The van der Waals surface area contributed by atoms with E-state index in [1.54, 1.807) is 12.3 Å². The molecule has 2 aliphatic rings. The number of alkyl halides is 3. The van der Waals surface area contributed by atoms with E-state index in [1.165, 1.54) is 25.4 Å². The Balaban J connectivity index is 1.67. The lowest BCUT2D eigenvalue weighted by molar-refractivity contribution is -0.275. The molecule has 0 amide bonds. The summed E-state index contributed by atoms with van der Waals surface area (Å²) in [6.45, 7) is 2.30. The van der Waals surface area contributed by atoms with E-state index < -0.39 is 53.3 Å². The lowest BCUT2D eigenvalue weighted by Crippen LogP contribution is -2.46. The minimum Gasteiger partial charge on any atom is -0.493 e. The van der Waals surface area contributed by atoms with E-state index in [4.69, 9.17) is 14.2 Å². The molecule has 2 aromatic heterocycles. The van der Waals surface area contributed by atoms with Gasteiger partial charge in [-0.25, -0.2) is 9.37 Å². The van der Waals surface area contributed by atoms with Crippen molar-refractivity contribution < 1.29 is 36.2 Å². The first-order chi connectivity index (χ1) is 16.6. The van der Waals surface area contributed by atoms with Crippen LogP contribution in [-0.4, -0.2) is 33.8 Å². The summed E-state index contributed by atoms with van der Waals surface area (Å²) in [6, 6.07) is 3.69. The van der Waals surface area contributed by atoms with Crippen LogP contribution in [0.25, 0.3) is 11.0 Å². The average molecular weight is 496 g/mol. The molecular formula is C23H21F5N4O3. The number of H-pyrrole nitrogens is 1. The molecule has 0 bridgehead atoms. The number of hydrogen-bond donors (Lipinski definition) is 2. The number of methoxy groups -OCH3 is 1. The van der Waals surface area contributed by atoms with Crippen molar-refractivity contribution in [2.75, 3.05) is 7.11 Å². The van der Waals surface area contributed by atoms with Crippen molar-refractivity contribution >= 4 is 11.0 Å². The topological polar surface area (TPSA) is 81.3 Å². The predicted molar refractivity (Wildman–Crippen MR) is 113 cm³/mol. The minimum atomic E-state index is -4.75. The first-order valence-electron chi connectivity index (χ1n) is 10.7.